The van der Waals surface area contributed by atoms with Gasteiger partial charge < -0.3 is 25.2 Å². The molecule has 0 spiro atoms. The second-order valence-electron chi connectivity index (χ2n) is 7.69. The minimum absolute atomic E-state index is 0.00209. The number of aliphatic hydroxyl groups is 1. The van der Waals surface area contributed by atoms with E-state index in [1.165, 1.54) is 0 Å². The third-order valence-corrected chi connectivity index (χ3v) is 4.81. The summed E-state index contributed by atoms with van der Waals surface area (Å²) in [4.78, 5) is 37.0. The van der Waals surface area contributed by atoms with Gasteiger partial charge in [0.25, 0.3) is 0 Å². The van der Waals surface area contributed by atoms with Crippen molar-refractivity contribution in [3.8, 4) is 0 Å². The lowest BCUT2D eigenvalue weighted by Gasteiger charge is -2.23. The normalized spacial score (nSPS) is 21.2. The predicted octanol–water partition coefficient (Wildman–Crippen LogP) is 1.47. The summed E-state index contributed by atoms with van der Waals surface area (Å²) in [5.41, 5.74) is 0.997. The summed E-state index contributed by atoms with van der Waals surface area (Å²) in [6, 6.07) is 8.73. The quantitative estimate of drug-likeness (QED) is 0.424. The molecule has 0 aromatic heterocycles. The van der Waals surface area contributed by atoms with Gasteiger partial charge in [-0.1, -0.05) is 42.5 Å². The van der Waals surface area contributed by atoms with E-state index in [-0.39, 0.29) is 56.5 Å². The predicted molar refractivity (Wildman–Crippen MR) is 115 cm³/mol. The number of ether oxygens (including phenoxy) is 2. The summed E-state index contributed by atoms with van der Waals surface area (Å²) < 4.78 is 11.0. The van der Waals surface area contributed by atoms with E-state index < -0.39 is 12.0 Å². The highest BCUT2D eigenvalue weighted by atomic mass is 16.5. The van der Waals surface area contributed by atoms with Crippen LogP contribution in [0, 0.1) is 5.92 Å². The van der Waals surface area contributed by atoms with E-state index in [4.69, 9.17) is 14.6 Å². The number of carbonyl (C=O) groups is 3. The lowest BCUT2D eigenvalue weighted by molar-refractivity contribution is -0.145. The van der Waals surface area contributed by atoms with Gasteiger partial charge in [0.1, 0.15) is 6.61 Å². The number of nitrogens with one attached hydrogen (secondary N) is 2. The molecule has 0 saturated heterocycles. The first-order valence-electron chi connectivity index (χ1n) is 10.6. The standard InChI is InChI=1S/C23H32N2O6/c1-17(13-26)24-21(27)12-19-10-6-3-7-11-22(28)31-16-20(25-23(19)29)15-30-14-18-8-4-2-5-9-18/h2-6,8-9,17,19-20,26H,7,10-16H2,1H3,(H,24,27)(H,25,29)/t17-,19+,20-/m0/s1. The first kappa shape index (κ1) is 24.6. The number of carbonyl (C=O) groups excluding carboxylic acids is 3. The number of allylic oxidation sites excluding steroid dienone is 2. The second kappa shape index (κ2) is 13.6. The maximum absolute atomic E-state index is 12.9. The molecular formula is C23H32N2O6. The molecule has 3 atom stereocenters. The number of aliphatic hydroxyl groups excluding tert-OH is 1. The van der Waals surface area contributed by atoms with Crippen LogP contribution in [0.25, 0.3) is 0 Å². The molecule has 1 heterocycles. The fourth-order valence-corrected chi connectivity index (χ4v) is 3.08. The summed E-state index contributed by atoms with van der Waals surface area (Å²) >= 11 is 0. The van der Waals surface area contributed by atoms with Gasteiger partial charge in [-0.2, -0.15) is 0 Å². The van der Waals surface area contributed by atoms with E-state index in [0.717, 1.165) is 5.56 Å². The number of esters is 1. The van der Waals surface area contributed by atoms with Crippen molar-refractivity contribution >= 4 is 17.8 Å². The molecule has 2 amide bonds. The van der Waals surface area contributed by atoms with Gasteiger partial charge in [0, 0.05) is 18.9 Å². The van der Waals surface area contributed by atoms with Crippen molar-refractivity contribution in [2.75, 3.05) is 19.8 Å². The molecule has 2 rings (SSSR count). The van der Waals surface area contributed by atoms with E-state index in [0.29, 0.717) is 19.4 Å². The maximum atomic E-state index is 12.9. The fourth-order valence-electron chi connectivity index (χ4n) is 3.08. The Labute approximate surface area is 183 Å². The van der Waals surface area contributed by atoms with Crippen molar-refractivity contribution in [2.45, 2.75) is 51.3 Å². The minimum Gasteiger partial charge on any atom is -0.463 e. The molecule has 1 aliphatic heterocycles. The second-order valence-corrected chi connectivity index (χ2v) is 7.69. The zero-order valence-corrected chi connectivity index (χ0v) is 17.9. The average molecular weight is 433 g/mol. The molecule has 31 heavy (non-hydrogen) atoms. The molecule has 1 aromatic carbocycles. The fraction of sp³-hybridized carbons (Fsp3) is 0.522. The number of amides is 2. The highest BCUT2D eigenvalue weighted by molar-refractivity contribution is 5.86. The van der Waals surface area contributed by atoms with Crippen molar-refractivity contribution in [3.05, 3.63) is 48.0 Å². The van der Waals surface area contributed by atoms with Crippen molar-refractivity contribution in [1.82, 2.24) is 10.6 Å². The van der Waals surface area contributed by atoms with Gasteiger partial charge in [-0.3, -0.25) is 14.4 Å². The Hall–Kier alpha value is -2.71. The minimum atomic E-state index is -0.575. The SMILES string of the molecule is C[C@@H](CO)NC(=O)C[C@H]1CC=CCCC(=O)OC[C@H](COCc2ccccc2)NC1=O. The lowest BCUT2D eigenvalue weighted by atomic mass is 9.98. The Morgan fingerprint density at radius 1 is 1.29 bits per heavy atom. The van der Waals surface area contributed by atoms with Crippen molar-refractivity contribution in [3.63, 3.8) is 0 Å². The molecule has 3 N–H and O–H groups in total. The number of hydrogen-bond donors (Lipinski definition) is 3. The van der Waals surface area contributed by atoms with Crippen LogP contribution in [-0.2, 0) is 30.5 Å². The van der Waals surface area contributed by atoms with Crippen LogP contribution in [0.1, 0.15) is 38.2 Å². The monoisotopic (exact) mass is 432 g/mol. The molecule has 0 radical (unpaired) electrons. The van der Waals surface area contributed by atoms with Crippen LogP contribution in [0.4, 0.5) is 0 Å². The molecule has 0 unspecified atom stereocenters. The Morgan fingerprint density at radius 2 is 2.06 bits per heavy atom. The van der Waals surface area contributed by atoms with Gasteiger partial charge in [0.2, 0.25) is 11.8 Å². The van der Waals surface area contributed by atoms with Gasteiger partial charge in [-0.25, -0.2) is 0 Å². The van der Waals surface area contributed by atoms with E-state index in [9.17, 15) is 14.4 Å². The molecule has 8 heteroatoms. The van der Waals surface area contributed by atoms with Gasteiger partial charge in [0.15, 0.2) is 0 Å². The van der Waals surface area contributed by atoms with Gasteiger partial charge in [0.05, 0.1) is 31.8 Å². The van der Waals surface area contributed by atoms with Crippen molar-refractivity contribution in [2.24, 2.45) is 5.92 Å². The molecular weight excluding hydrogens is 400 g/mol. The van der Waals surface area contributed by atoms with E-state index >= 15 is 0 Å². The Morgan fingerprint density at radius 3 is 2.81 bits per heavy atom. The lowest BCUT2D eigenvalue weighted by Crippen LogP contribution is -2.46. The van der Waals surface area contributed by atoms with Crippen LogP contribution in [0.5, 0.6) is 0 Å². The summed E-state index contributed by atoms with van der Waals surface area (Å²) in [5, 5.41) is 14.6. The first-order chi connectivity index (χ1) is 15.0. The smallest absolute Gasteiger partial charge is 0.306 e. The van der Waals surface area contributed by atoms with E-state index in [2.05, 4.69) is 10.6 Å². The van der Waals surface area contributed by atoms with Crippen molar-refractivity contribution < 1.29 is 29.0 Å². The number of hydrogen-bond acceptors (Lipinski definition) is 6. The number of cyclic esters (lactones) is 1. The zero-order chi connectivity index (χ0) is 22.5. The summed E-state index contributed by atoms with van der Waals surface area (Å²) in [6.07, 6.45) is 4.76. The Kier molecular flexibility index (Phi) is 10.7. The molecule has 1 aliphatic rings. The summed E-state index contributed by atoms with van der Waals surface area (Å²) in [5.74, 6) is -1.51. The van der Waals surface area contributed by atoms with Gasteiger partial charge >= 0.3 is 5.97 Å². The van der Waals surface area contributed by atoms with Crippen LogP contribution < -0.4 is 10.6 Å². The molecule has 0 fully saturated rings. The third-order valence-electron chi connectivity index (χ3n) is 4.81. The average Bonchev–Trinajstić information content (AvgIpc) is 2.76. The molecule has 0 saturated carbocycles. The Balaban J connectivity index is 2.00. The molecule has 0 bridgehead atoms. The zero-order valence-electron chi connectivity index (χ0n) is 17.9. The van der Waals surface area contributed by atoms with Crippen LogP contribution in [0.15, 0.2) is 42.5 Å². The highest BCUT2D eigenvalue weighted by Gasteiger charge is 2.25. The van der Waals surface area contributed by atoms with Crippen LogP contribution in [-0.4, -0.2) is 54.8 Å². The summed E-state index contributed by atoms with van der Waals surface area (Å²) in [6.45, 7) is 2.06. The highest BCUT2D eigenvalue weighted by Crippen LogP contribution is 2.13. The summed E-state index contributed by atoms with van der Waals surface area (Å²) in [7, 11) is 0. The van der Waals surface area contributed by atoms with Gasteiger partial charge in [-0.15, -0.1) is 0 Å². The van der Waals surface area contributed by atoms with Crippen LogP contribution in [0.2, 0.25) is 0 Å². The van der Waals surface area contributed by atoms with Gasteiger partial charge in [-0.05, 0) is 25.3 Å². The van der Waals surface area contributed by atoms with E-state index in [1.807, 2.05) is 42.5 Å². The van der Waals surface area contributed by atoms with E-state index in [1.54, 1.807) is 6.92 Å². The molecule has 1 aromatic rings. The largest absolute Gasteiger partial charge is 0.463 e. The molecule has 8 nitrogen and oxygen atoms in total. The Bertz CT molecular complexity index is 737. The van der Waals surface area contributed by atoms with Crippen molar-refractivity contribution in [1.29, 1.82) is 0 Å². The molecule has 0 aliphatic carbocycles. The topological polar surface area (TPSA) is 114 Å². The number of benzene rings is 1. The van der Waals surface area contributed by atoms with Crippen LogP contribution >= 0.6 is 0 Å². The molecule has 170 valence electrons. The first-order valence-corrected chi connectivity index (χ1v) is 10.6. The van der Waals surface area contributed by atoms with Crippen LogP contribution in [0.3, 0.4) is 0 Å². The third kappa shape index (κ3) is 9.76. The number of rotatable bonds is 8. The maximum Gasteiger partial charge on any atom is 0.306 e.